The largest absolute Gasteiger partial charge is 0.338 e. The van der Waals surface area contributed by atoms with Crippen LogP contribution < -0.4 is 0 Å². The number of carbonyl (C=O) groups is 1. The van der Waals surface area contributed by atoms with Gasteiger partial charge in [-0.05, 0) is 29.8 Å². The quantitative estimate of drug-likeness (QED) is 0.656. The zero-order valence-electron chi connectivity index (χ0n) is 14.4. The molecule has 26 heavy (non-hydrogen) atoms. The number of carbonyl (C=O) groups excluding carboxylic acids is 1. The summed E-state index contributed by atoms with van der Waals surface area (Å²) in [7, 11) is 0. The zero-order valence-corrected chi connectivity index (χ0v) is 14.4. The van der Waals surface area contributed by atoms with Crippen molar-refractivity contribution >= 4 is 16.9 Å². The van der Waals surface area contributed by atoms with Gasteiger partial charge in [-0.2, -0.15) is 0 Å². The molecule has 1 fully saturated rings. The first kappa shape index (κ1) is 16.5. The minimum atomic E-state index is -0.266. The Labute approximate surface area is 151 Å². The number of para-hydroxylation sites is 2. The van der Waals surface area contributed by atoms with E-state index in [9.17, 15) is 9.18 Å². The third-order valence-corrected chi connectivity index (χ3v) is 4.86. The van der Waals surface area contributed by atoms with Crippen molar-refractivity contribution in [2.75, 3.05) is 6.54 Å². The molecular formula is C21H20FN3O. The Balaban J connectivity index is 1.60. The predicted molar refractivity (Wildman–Crippen MR) is 99.1 cm³/mol. The number of allylic oxidation sites excluding steroid dienone is 1. The van der Waals surface area contributed by atoms with Gasteiger partial charge in [0.2, 0.25) is 5.91 Å². The number of imidazole rings is 1. The average Bonchev–Trinajstić information content (AvgIpc) is 3.19. The first-order valence-corrected chi connectivity index (χ1v) is 8.74. The highest BCUT2D eigenvalue weighted by molar-refractivity contribution is 5.81. The van der Waals surface area contributed by atoms with Crippen LogP contribution in [0.1, 0.15) is 23.7 Å². The number of benzene rings is 2. The summed E-state index contributed by atoms with van der Waals surface area (Å²) in [6.45, 7) is 5.63. The SMILES string of the molecule is C=CCn1c([C@H]2CC(=O)N(Cc3ccc(F)cc3)C2)nc2ccccc21. The van der Waals surface area contributed by atoms with E-state index in [1.54, 1.807) is 12.1 Å². The molecule has 0 unspecified atom stereocenters. The van der Waals surface area contributed by atoms with Crippen molar-refractivity contribution < 1.29 is 9.18 Å². The van der Waals surface area contributed by atoms with E-state index >= 15 is 0 Å². The van der Waals surface area contributed by atoms with E-state index in [4.69, 9.17) is 4.98 Å². The van der Waals surface area contributed by atoms with Crippen molar-refractivity contribution in [2.24, 2.45) is 0 Å². The number of aromatic nitrogens is 2. The summed E-state index contributed by atoms with van der Waals surface area (Å²) in [6, 6.07) is 14.3. The number of hydrogen-bond acceptors (Lipinski definition) is 2. The van der Waals surface area contributed by atoms with Crippen molar-refractivity contribution in [1.82, 2.24) is 14.5 Å². The van der Waals surface area contributed by atoms with Gasteiger partial charge in [0.25, 0.3) is 0 Å². The van der Waals surface area contributed by atoms with Crippen molar-refractivity contribution in [3.63, 3.8) is 0 Å². The van der Waals surface area contributed by atoms with Crippen molar-refractivity contribution in [3.05, 3.63) is 78.4 Å². The predicted octanol–water partition coefficient (Wildman–Crippen LogP) is 3.88. The maximum Gasteiger partial charge on any atom is 0.223 e. The lowest BCUT2D eigenvalue weighted by atomic mass is 10.1. The van der Waals surface area contributed by atoms with Gasteiger partial charge >= 0.3 is 0 Å². The number of likely N-dealkylation sites (tertiary alicyclic amines) is 1. The van der Waals surface area contributed by atoms with E-state index in [0.29, 0.717) is 26.1 Å². The molecule has 1 saturated heterocycles. The Kier molecular flexibility index (Phi) is 4.29. The van der Waals surface area contributed by atoms with Gasteiger partial charge in [-0.25, -0.2) is 9.37 Å². The molecule has 132 valence electrons. The van der Waals surface area contributed by atoms with E-state index in [1.807, 2.05) is 35.2 Å². The van der Waals surface area contributed by atoms with Gasteiger partial charge in [0.1, 0.15) is 11.6 Å². The van der Waals surface area contributed by atoms with Crippen LogP contribution in [0.4, 0.5) is 4.39 Å². The fraction of sp³-hybridized carbons (Fsp3) is 0.238. The van der Waals surface area contributed by atoms with Crippen LogP contribution in [0.5, 0.6) is 0 Å². The monoisotopic (exact) mass is 349 g/mol. The zero-order chi connectivity index (χ0) is 18.1. The molecule has 0 radical (unpaired) electrons. The number of nitrogens with zero attached hydrogens (tertiary/aromatic N) is 3. The Morgan fingerprint density at radius 3 is 2.73 bits per heavy atom. The highest BCUT2D eigenvalue weighted by Gasteiger charge is 2.33. The van der Waals surface area contributed by atoms with E-state index in [-0.39, 0.29) is 17.6 Å². The molecule has 0 aliphatic carbocycles. The topological polar surface area (TPSA) is 38.1 Å². The first-order valence-electron chi connectivity index (χ1n) is 8.74. The second-order valence-electron chi connectivity index (χ2n) is 6.66. The summed E-state index contributed by atoms with van der Waals surface area (Å²) >= 11 is 0. The molecule has 3 aromatic rings. The molecule has 1 aliphatic rings. The molecule has 0 N–H and O–H groups in total. The molecule has 5 heteroatoms. The summed E-state index contributed by atoms with van der Waals surface area (Å²) in [5.41, 5.74) is 2.93. The molecule has 1 amide bonds. The van der Waals surface area contributed by atoms with Crippen molar-refractivity contribution in [1.29, 1.82) is 0 Å². The third-order valence-electron chi connectivity index (χ3n) is 4.86. The number of halogens is 1. The fourth-order valence-electron chi connectivity index (χ4n) is 3.63. The molecular weight excluding hydrogens is 329 g/mol. The second kappa shape index (κ2) is 6.75. The van der Waals surface area contributed by atoms with E-state index in [0.717, 1.165) is 22.4 Å². The maximum atomic E-state index is 13.1. The second-order valence-corrected chi connectivity index (χ2v) is 6.66. The van der Waals surface area contributed by atoms with E-state index in [2.05, 4.69) is 11.1 Å². The third kappa shape index (κ3) is 3.01. The molecule has 0 saturated carbocycles. The molecule has 1 aromatic heterocycles. The van der Waals surface area contributed by atoms with Gasteiger partial charge in [-0.1, -0.05) is 30.3 Å². The van der Waals surface area contributed by atoms with Gasteiger partial charge in [0.15, 0.2) is 0 Å². The molecule has 4 nitrogen and oxygen atoms in total. The molecule has 1 atom stereocenters. The smallest absolute Gasteiger partial charge is 0.223 e. The molecule has 1 aliphatic heterocycles. The lowest BCUT2D eigenvalue weighted by molar-refractivity contribution is -0.128. The highest BCUT2D eigenvalue weighted by atomic mass is 19.1. The van der Waals surface area contributed by atoms with Gasteiger partial charge < -0.3 is 9.47 Å². The van der Waals surface area contributed by atoms with Gasteiger partial charge in [0.05, 0.1) is 11.0 Å². The normalized spacial score (nSPS) is 17.2. The standard InChI is InChI=1S/C21H20FN3O/c1-2-11-25-19-6-4-3-5-18(19)23-21(25)16-12-20(26)24(14-16)13-15-7-9-17(22)10-8-15/h2-10,16H,1,11-14H2/t16-/m0/s1. The number of hydrogen-bond donors (Lipinski definition) is 0. The minimum absolute atomic E-state index is 0.0512. The number of fused-ring (bicyclic) bond motifs is 1. The summed E-state index contributed by atoms with van der Waals surface area (Å²) in [5, 5.41) is 0. The average molecular weight is 349 g/mol. The Morgan fingerprint density at radius 2 is 1.96 bits per heavy atom. The van der Waals surface area contributed by atoms with Gasteiger partial charge in [0, 0.05) is 32.0 Å². The van der Waals surface area contributed by atoms with Crippen LogP contribution in [-0.2, 0) is 17.9 Å². The first-order chi connectivity index (χ1) is 12.7. The molecule has 0 bridgehead atoms. The number of rotatable bonds is 5. The van der Waals surface area contributed by atoms with E-state index in [1.165, 1.54) is 12.1 Å². The fourth-order valence-corrected chi connectivity index (χ4v) is 3.63. The minimum Gasteiger partial charge on any atom is -0.338 e. The van der Waals surface area contributed by atoms with Gasteiger partial charge in [-0.15, -0.1) is 6.58 Å². The molecule has 0 spiro atoms. The lowest BCUT2D eigenvalue weighted by Gasteiger charge is -2.17. The van der Waals surface area contributed by atoms with Crippen molar-refractivity contribution in [3.8, 4) is 0 Å². The van der Waals surface area contributed by atoms with Crippen molar-refractivity contribution in [2.45, 2.75) is 25.4 Å². The van der Waals surface area contributed by atoms with Crippen LogP contribution in [0.25, 0.3) is 11.0 Å². The molecule has 4 rings (SSSR count). The van der Waals surface area contributed by atoms with Crippen LogP contribution in [0.3, 0.4) is 0 Å². The number of amides is 1. The maximum absolute atomic E-state index is 13.1. The summed E-state index contributed by atoms with van der Waals surface area (Å²) in [5.74, 6) is 0.824. The summed E-state index contributed by atoms with van der Waals surface area (Å²) in [6.07, 6.45) is 2.30. The summed E-state index contributed by atoms with van der Waals surface area (Å²) in [4.78, 5) is 19.1. The van der Waals surface area contributed by atoms with Gasteiger partial charge in [-0.3, -0.25) is 4.79 Å². The van der Waals surface area contributed by atoms with Crippen LogP contribution in [-0.4, -0.2) is 26.9 Å². The molecule has 2 heterocycles. The summed E-state index contributed by atoms with van der Waals surface area (Å²) < 4.78 is 15.2. The van der Waals surface area contributed by atoms with E-state index < -0.39 is 0 Å². The van der Waals surface area contributed by atoms with Crippen LogP contribution in [0.15, 0.2) is 61.2 Å². The highest BCUT2D eigenvalue weighted by Crippen LogP contribution is 2.31. The lowest BCUT2D eigenvalue weighted by Crippen LogP contribution is -2.24. The Bertz CT molecular complexity index is 961. The Hall–Kier alpha value is -2.95. The molecule has 2 aromatic carbocycles. The van der Waals surface area contributed by atoms with Crippen LogP contribution in [0, 0.1) is 5.82 Å². The van der Waals surface area contributed by atoms with Crippen LogP contribution >= 0.6 is 0 Å². The van der Waals surface area contributed by atoms with Crippen LogP contribution in [0.2, 0.25) is 0 Å². The Morgan fingerprint density at radius 1 is 1.19 bits per heavy atom.